The molecule has 9 heteroatoms. The monoisotopic (exact) mass is 474 g/mol. The number of fused-ring (bicyclic) bond motifs is 1. The lowest BCUT2D eigenvalue weighted by molar-refractivity contribution is -0.117. The van der Waals surface area contributed by atoms with Crippen LogP contribution in [-0.2, 0) is 9.53 Å². The first-order valence-corrected chi connectivity index (χ1v) is 11.0. The smallest absolute Gasteiger partial charge is 0.356 e. The van der Waals surface area contributed by atoms with Crippen LogP contribution in [0.1, 0.15) is 16.1 Å². The molecule has 4 rings (SSSR count). The number of nitrogens with one attached hydrogen (secondary N) is 2. The zero-order chi connectivity index (χ0) is 22.8. The molecule has 0 bridgehead atoms. The summed E-state index contributed by atoms with van der Waals surface area (Å²) in [4.78, 5) is 32.4. The molecule has 1 amide bonds. The van der Waals surface area contributed by atoms with Gasteiger partial charge in [-0.2, -0.15) is 0 Å². The number of piperazine rings is 1. The molecular weight excluding hydrogens is 451 g/mol. The van der Waals surface area contributed by atoms with Gasteiger partial charge in [0.15, 0.2) is 0 Å². The van der Waals surface area contributed by atoms with Crippen LogP contribution in [0.25, 0.3) is 10.9 Å². The second-order valence-electron chi connectivity index (χ2n) is 7.83. The van der Waals surface area contributed by atoms with E-state index in [0.29, 0.717) is 15.7 Å². The molecule has 0 spiro atoms. The number of aromatic nitrogens is 1. The van der Waals surface area contributed by atoms with E-state index in [9.17, 15) is 9.59 Å². The maximum Gasteiger partial charge on any atom is 0.356 e. The maximum atomic E-state index is 12.8. The minimum atomic E-state index is -0.524. The standard InChI is InChI=1S/C23H24Cl2N4O3/c1-14-3-6-19-16(11-14)21(22(26-19)23(31)32-2)27-20(30)13-28-7-9-29(10-8-28)15-4-5-17(24)18(25)12-15/h3-6,11-12,26H,7-10,13H2,1-2H3,(H,27,30). The molecule has 0 aliphatic carbocycles. The lowest BCUT2D eigenvalue weighted by Gasteiger charge is -2.35. The highest BCUT2D eigenvalue weighted by molar-refractivity contribution is 6.42. The minimum Gasteiger partial charge on any atom is -0.464 e. The predicted octanol–water partition coefficient (Wildman–Crippen LogP) is 4.33. The molecule has 0 unspecified atom stereocenters. The Morgan fingerprint density at radius 3 is 2.50 bits per heavy atom. The van der Waals surface area contributed by atoms with Crippen molar-refractivity contribution in [2.45, 2.75) is 6.92 Å². The van der Waals surface area contributed by atoms with Crippen molar-refractivity contribution in [3.63, 3.8) is 0 Å². The number of esters is 1. The van der Waals surface area contributed by atoms with Gasteiger partial charge in [0, 0.05) is 42.8 Å². The molecule has 1 aromatic heterocycles. The Morgan fingerprint density at radius 1 is 1.06 bits per heavy atom. The van der Waals surface area contributed by atoms with Crippen molar-refractivity contribution in [2.75, 3.05) is 50.1 Å². The molecule has 2 aromatic carbocycles. The number of rotatable bonds is 5. The second-order valence-corrected chi connectivity index (χ2v) is 8.64. The SMILES string of the molecule is COC(=O)c1[nH]c2ccc(C)cc2c1NC(=O)CN1CCN(c2ccc(Cl)c(Cl)c2)CC1. The van der Waals surface area contributed by atoms with Crippen LogP contribution in [0.5, 0.6) is 0 Å². The van der Waals surface area contributed by atoms with E-state index in [1.165, 1.54) is 7.11 Å². The highest BCUT2D eigenvalue weighted by Crippen LogP contribution is 2.30. The molecule has 0 saturated carbocycles. The fraction of sp³-hybridized carbons (Fsp3) is 0.304. The largest absolute Gasteiger partial charge is 0.464 e. The van der Waals surface area contributed by atoms with Gasteiger partial charge in [-0.3, -0.25) is 9.69 Å². The number of aromatic amines is 1. The predicted molar refractivity (Wildman–Crippen MR) is 128 cm³/mol. The van der Waals surface area contributed by atoms with Gasteiger partial charge >= 0.3 is 5.97 Å². The Morgan fingerprint density at radius 2 is 1.81 bits per heavy atom. The number of nitrogens with zero attached hydrogens (tertiary/aromatic N) is 2. The summed E-state index contributed by atoms with van der Waals surface area (Å²) in [6, 6.07) is 11.4. The number of halogens is 2. The van der Waals surface area contributed by atoms with Crippen LogP contribution in [-0.4, -0.2) is 61.6 Å². The highest BCUT2D eigenvalue weighted by Gasteiger charge is 2.23. The number of aryl methyl sites for hydroxylation is 1. The van der Waals surface area contributed by atoms with E-state index >= 15 is 0 Å². The van der Waals surface area contributed by atoms with Crippen molar-refractivity contribution >= 4 is 57.4 Å². The summed E-state index contributed by atoms with van der Waals surface area (Å²) in [7, 11) is 1.32. The highest BCUT2D eigenvalue weighted by atomic mass is 35.5. The Bertz CT molecular complexity index is 1170. The van der Waals surface area contributed by atoms with Gasteiger partial charge in [0.25, 0.3) is 0 Å². The number of anilines is 2. The molecule has 1 aliphatic heterocycles. The first-order chi connectivity index (χ1) is 15.4. The van der Waals surface area contributed by atoms with Crippen LogP contribution in [0, 0.1) is 6.92 Å². The number of carbonyl (C=O) groups is 2. The van der Waals surface area contributed by atoms with E-state index in [1.807, 2.05) is 37.3 Å². The third-order valence-electron chi connectivity index (χ3n) is 5.62. The van der Waals surface area contributed by atoms with Crippen molar-refractivity contribution < 1.29 is 14.3 Å². The van der Waals surface area contributed by atoms with Gasteiger partial charge in [0.05, 0.1) is 29.4 Å². The summed E-state index contributed by atoms with van der Waals surface area (Å²) in [5.74, 6) is -0.704. The first-order valence-electron chi connectivity index (χ1n) is 10.3. The lowest BCUT2D eigenvalue weighted by Crippen LogP contribution is -2.48. The van der Waals surface area contributed by atoms with E-state index < -0.39 is 5.97 Å². The number of hydrogen-bond acceptors (Lipinski definition) is 5. The van der Waals surface area contributed by atoms with E-state index in [4.69, 9.17) is 27.9 Å². The fourth-order valence-electron chi connectivity index (χ4n) is 3.92. The summed E-state index contributed by atoms with van der Waals surface area (Å²) in [6.07, 6.45) is 0. The number of hydrogen-bond donors (Lipinski definition) is 2. The molecule has 0 atom stereocenters. The average molecular weight is 475 g/mol. The van der Waals surface area contributed by atoms with Crippen LogP contribution in [0.2, 0.25) is 10.0 Å². The van der Waals surface area contributed by atoms with Crippen LogP contribution in [0.3, 0.4) is 0 Å². The van der Waals surface area contributed by atoms with E-state index in [-0.39, 0.29) is 18.1 Å². The van der Waals surface area contributed by atoms with E-state index in [1.54, 1.807) is 6.07 Å². The van der Waals surface area contributed by atoms with Crippen molar-refractivity contribution in [3.8, 4) is 0 Å². The van der Waals surface area contributed by atoms with E-state index in [0.717, 1.165) is 48.3 Å². The number of methoxy groups -OCH3 is 1. The molecule has 2 N–H and O–H groups in total. The number of H-pyrrole nitrogens is 1. The van der Waals surface area contributed by atoms with Gasteiger partial charge in [-0.25, -0.2) is 4.79 Å². The molecular formula is C23H24Cl2N4O3. The normalized spacial score (nSPS) is 14.6. The number of benzene rings is 2. The average Bonchev–Trinajstić information content (AvgIpc) is 3.13. The molecule has 1 fully saturated rings. The molecule has 7 nitrogen and oxygen atoms in total. The van der Waals surface area contributed by atoms with Crippen LogP contribution in [0.4, 0.5) is 11.4 Å². The molecule has 1 saturated heterocycles. The summed E-state index contributed by atoms with van der Waals surface area (Å²) in [5, 5.41) is 4.76. The van der Waals surface area contributed by atoms with Gasteiger partial charge in [-0.1, -0.05) is 34.8 Å². The molecule has 3 aromatic rings. The van der Waals surface area contributed by atoms with Gasteiger partial charge in [0.2, 0.25) is 5.91 Å². The van der Waals surface area contributed by atoms with Gasteiger partial charge in [0.1, 0.15) is 5.69 Å². The van der Waals surface area contributed by atoms with Crippen LogP contribution in [0.15, 0.2) is 36.4 Å². The molecule has 2 heterocycles. The third kappa shape index (κ3) is 4.70. The minimum absolute atomic E-state index is 0.180. The second kappa shape index (κ2) is 9.40. The number of carbonyl (C=O) groups excluding carboxylic acids is 2. The lowest BCUT2D eigenvalue weighted by atomic mass is 10.1. The molecule has 1 aliphatic rings. The van der Waals surface area contributed by atoms with E-state index in [2.05, 4.69) is 20.1 Å². The van der Waals surface area contributed by atoms with Crippen molar-refractivity contribution in [3.05, 3.63) is 57.7 Å². The summed E-state index contributed by atoms with van der Waals surface area (Å²) >= 11 is 12.1. The van der Waals surface area contributed by atoms with Gasteiger partial charge < -0.3 is 19.9 Å². The summed E-state index contributed by atoms with van der Waals surface area (Å²) in [5.41, 5.74) is 3.50. The van der Waals surface area contributed by atoms with Gasteiger partial charge in [-0.05, 0) is 37.3 Å². The quantitative estimate of drug-likeness (QED) is 0.538. The van der Waals surface area contributed by atoms with Gasteiger partial charge in [-0.15, -0.1) is 0 Å². The first kappa shape index (κ1) is 22.5. The molecule has 0 radical (unpaired) electrons. The van der Waals surface area contributed by atoms with Crippen molar-refractivity contribution in [2.24, 2.45) is 0 Å². The molecule has 168 valence electrons. The van der Waals surface area contributed by atoms with Crippen LogP contribution >= 0.6 is 23.2 Å². The fourth-order valence-corrected chi connectivity index (χ4v) is 4.21. The zero-order valence-electron chi connectivity index (χ0n) is 17.9. The third-order valence-corrected chi connectivity index (χ3v) is 6.35. The number of ether oxygens (including phenoxy) is 1. The summed E-state index contributed by atoms with van der Waals surface area (Å²) < 4.78 is 4.88. The molecule has 32 heavy (non-hydrogen) atoms. The Kier molecular flexibility index (Phi) is 6.60. The Balaban J connectivity index is 1.42. The topological polar surface area (TPSA) is 77.7 Å². The Hall–Kier alpha value is -2.74. The maximum absolute atomic E-state index is 12.8. The van der Waals surface area contributed by atoms with Crippen molar-refractivity contribution in [1.29, 1.82) is 0 Å². The summed E-state index contributed by atoms with van der Waals surface area (Å²) in [6.45, 7) is 5.18. The number of amides is 1. The Labute approximate surface area is 196 Å². The zero-order valence-corrected chi connectivity index (χ0v) is 19.4. The van der Waals surface area contributed by atoms with Crippen molar-refractivity contribution in [1.82, 2.24) is 9.88 Å². The van der Waals surface area contributed by atoms with Crippen LogP contribution < -0.4 is 10.2 Å².